The van der Waals surface area contributed by atoms with Crippen molar-refractivity contribution in [2.24, 2.45) is 5.73 Å². The van der Waals surface area contributed by atoms with E-state index in [2.05, 4.69) is 12.2 Å². The summed E-state index contributed by atoms with van der Waals surface area (Å²) in [5, 5.41) is 3.55. The quantitative estimate of drug-likeness (QED) is 0.605. The first-order valence-corrected chi connectivity index (χ1v) is 5.30. The fourth-order valence-electron chi connectivity index (χ4n) is 1.94. The van der Waals surface area contributed by atoms with Crippen molar-refractivity contribution in [1.82, 2.24) is 5.32 Å². The normalized spacial score (nSPS) is 20.8. The standard InChI is InChI=1S/C10H22N2O/c1-10(4-2-3-5-10)12-7-9-13-8-6-11/h12H,2-9,11H2,1H3. The minimum atomic E-state index is 0.381. The van der Waals surface area contributed by atoms with Gasteiger partial charge in [0.05, 0.1) is 13.2 Å². The Balaban J connectivity index is 1.98. The van der Waals surface area contributed by atoms with E-state index >= 15 is 0 Å². The van der Waals surface area contributed by atoms with Gasteiger partial charge in [-0.1, -0.05) is 12.8 Å². The van der Waals surface area contributed by atoms with Crippen molar-refractivity contribution < 1.29 is 4.74 Å². The smallest absolute Gasteiger partial charge is 0.0591 e. The zero-order chi connectivity index (χ0) is 9.57. The maximum atomic E-state index is 5.31. The summed E-state index contributed by atoms with van der Waals surface area (Å²) in [5.41, 5.74) is 5.69. The summed E-state index contributed by atoms with van der Waals surface area (Å²) in [7, 11) is 0. The van der Waals surface area contributed by atoms with Gasteiger partial charge in [0.2, 0.25) is 0 Å². The lowest BCUT2D eigenvalue weighted by atomic mass is 10.0. The van der Waals surface area contributed by atoms with E-state index in [9.17, 15) is 0 Å². The maximum absolute atomic E-state index is 5.31. The van der Waals surface area contributed by atoms with Crippen molar-refractivity contribution in [1.29, 1.82) is 0 Å². The largest absolute Gasteiger partial charge is 0.379 e. The second-order valence-corrected chi connectivity index (χ2v) is 4.10. The average molecular weight is 186 g/mol. The summed E-state index contributed by atoms with van der Waals surface area (Å²) in [5.74, 6) is 0. The van der Waals surface area contributed by atoms with Gasteiger partial charge in [-0.15, -0.1) is 0 Å². The fourth-order valence-corrected chi connectivity index (χ4v) is 1.94. The Morgan fingerprint density at radius 1 is 1.31 bits per heavy atom. The molecule has 1 saturated carbocycles. The van der Waals surface area contributed by atoms with Crippen LogP contribution in [-0.4, -0.2) is 31.8 Å². The molecule has 1 aliphatic carbocycles. The predicted molar refractivity (Wildman–Crippen MR) is 54.7 cm³/mol. The Hall–Kier alpha value is -0.120. The van der Waals surface area contributed by atoms with E-state index in [1.54, 1.807) is 0 Å². The molecule has 0 heterocycles. The summed E-state index contributed by atoms with van der Waals surface area (Å²) >= 11 is 0. The molecule has 1 rings (SSSR count). The second-order valence-electron chi connectivity index (χ2n) is 4.10. The van der Waals surface area contributed by atoms with E-state index in [4.69, 9.17) is 10.5 Å². The molecule has 1 fully saturated rings. The van der Waals surface area contributed by atoms with Gasteiger partial charge in [0, 0.05) is 18.6 Å². The van der Waals surface area contributed by atoms with Gasteiger partial charge in [0.1, 0.15) is 0 Å². The summed E-state index contributed by atoms with van der Waals surface area (Å²) in [6, 6.07) is 0. The molecule has 13 heavy (non-hydrogen) atoms. The van der Waals surface area contributed by atoms with Crippen molar-refractivity contribution in [2.45, 2.75) is 38.1 Å². The Labute approximate surface area is 81.0 Å². The van der Waals surface area contributed by atoms with Crippen LogP contribution in [0.2, 0.25) is 0 Å². The second kappa shape index (κ2) is 5.58. The summed E-state index contributed by atoms with van der Waals surface area (Å²) < 4.78 is 5.30. The number of rotatable bonds is 6. The zero-order valence-corrected chi connectivity index (χ0v) is 8.64. The topological polar surface area (TPSA) is 47.3 Å². The van der Waals surface area contributed by atoms with Crippen molar-refractivity contribution in [3.8, 4) is 0 Å². The van der Waals surface area contributed by atoms with Crippen LogP contribution >= 0.6 is 0 Å². The van der Waals surface area contributed by atoms with Crippen LogP contribution in [0.25, 0.3) is 0 Å². The van der Waals surface area contributed by atoms with Crippen LogP contribution < -0.4 is 11.1 Å². The Morgan fingerprint density at radius 2 is 2.00 bits per heavy atom. The van der Waals surface area contributed by atoms with Gasteiger partial charge >= 0.3 is 0 Å². The van der Waals surface area contributed by atoms with Crippen LogP contribution in [0.4, 0.5) is 0 Å². The highest BCUT2D eigenvalue weighted by atomic mass is 16.5. The molecular weight excluding hydrogens is 164 g/mol. The summed E-state index contributed by atoms with van der Waals surface area (Å²) in [6.07, 6.45) is 5.36. The molecule has 3 N–H and O–H groups in total. The molecule has 0 radical (unpaired) electrons. The summed E-state index contributed by atoms with van der Waals surface area (Å²) in [6.45, 7) is 5.35. The molecule has 0 amide bonds. The number of nitrogens with one attached hydrogen (secondary N) is 1. The van der Waals surface area contributed by atoms with E-state index < -0.39 is 0 Å². The van der Waals surface area contributed by atoms with E-state index in [1.807, 2.05) is 0 Å². The highest BCUT2D eigenvalue weighted by Gasteiger charge is 2.27. The third-order valence-corrected chi connectivity index (χ3v) is 2.77. The first-order valence-electron chi connectivity index (χ1n) is 5.30. The molecule has 0 spiro atoms. The molecular formula is C10H22N2O. The molecule has 0 unspecified atom stereocenters. The average Bonchev–Trinajstić information content (AvgIpc) is 2.53. The monoisotopic (exact) mass is 186 g/mol. The Bertz CT molecular complexity index is 133. The number of hydrogen-bond acceptors (Lipinski definition) is 3. The van der Waals surface area contributed by atoms with Crippen LogP contribution in [0.15, 0.2) is 0 Å². The Kier molecular flexibility index (Phi) is 4.70. The van der Waals surface area contributed by atoms with Gasteiger partial charge in [-0.2, -0.15) is 0 Å². The number of hydrogen-bond donors (Lipinski definition) is 2. The minimum absolute atomic E-state index is 0.381. The van der Waals surface area contributed by atoms with Crippen molar-refractivity contribution >= 4 is 0 Å². The molecule has 3 nitrogen and oxygen atoms in total. The first-order chi connectivity index (χ1) is 6.27. The van der Waals surface area contributed by atoms with Gasteiger partial charge in [-0.05, 0) is 19.8 Å². The molecule has 0 aromatic carbocycles. The lowest BCUT2D eigenvalue weighted by molar-refractivity contribution is 0.136. The molecule has 0 saturated heterocycles. The van der Waals surface area contributed by atoms with Gasteiger partial charge < -0.3 is 15.8 Å². The third-order valence-electron chi connectivity index (χ3n) is 2.77. The highest BCUT2D eigenvalue weighted by molar-refractivity contribution is 4.87. The van der Waals surface area contributed by atoms with Gasteiger partial charge in [-0.25, -0.2) is 0 Å². The fraction of sp³-hybridized carbons (Fsp3) is 1.00. The van der Waals surface area contributed by atoms with E-state index in [1.165, 1.54) is 25.7 Å². The molecule has 3 heteroatoms. The van der Waals surface area contributed by atoms with Crippen molar-refractivity contribution in [3.63, 3.8) is 0 Å². The molecule has 0 aromatic heterocycles. The summed E-state index contributed by atoms with van der Waals surface area (Å²) in [4.78, 5) is 0. The van der Waals surface area contributed by atoms with E-state index in [0.29, 0.717) is 18.7 Å². The van der Waals surface area contributed by atoms with Gasteiger partial charge in [-0.3, -0.25) is 0 Å². The van der Waals surface area contributed by atoms with Crippen LogP contribution in [0.1, 0.15) is 32.6 Å². The predicted octanol–water partition coefficient (Wildman–Crippen LogP) is 0.884. The van der Waals surface area contributed by atoms with Crippen LogP contribution in [0, 0.1) is 0 Å². The molecule has 1 aliphatic rings. The highest BCUT2D eigenvalue weighted by Crippen LogP contribution is 2.28. The number of nitrogens with two attached hydrogens (primary N) is 1. The minimum Gasteiger partial charge on any atom is -0.379 e. The molecule has 0 aromatic rings. The number of ether oxygens (including phenoxy) is 1. The van der Waals surface area contributed by atoms with Crippen LogP contribution in [-0.2, 0) is 4.74 Å². The van der Waals surface area contributed by atoms with Crippen LogP contribution in [0.3, 0.4) is 0 Å². The lowest BCUT2D eigenvalue weighted by Crippen LogP contribution is -2.41. The van der Waals surface area contributed by atoms with E-state index in [0.717, 1.165) is 13.2 Å². The first kappa shape index (κ1) is 11.0. The zero-order valence-electron chi connectivity index (χ0n) is 8.64. The molecule has 0 atom stereocenters. The third kappa shape index (κ3) is 4.07. The van der Waals surface area contributed by atoms with E-state index in [-0.39, 0.29) is 0 Å². The van der Waals surface area contributed by atoms with Crippen molar-refractivity contribution in [3.05, 3.63) is 0 Å². The SMILES string of the molecule is CC1(NCCOCCN)CCCC1. The van der Waals surface area contributed by atoms with Crippen molar-refractivity contribution in [2.75, 3.05) is 26.3 Å². The van der Waals surface area contributed by atoms with Crippen LogP contribution in [0.5, 0.6) is 0 Å². The molecule has 78 valence electrons. The molecule has 0 bridgehead atoms. The lowest BCUT2D eigenvalue weighted by Gasteiger charge is -2.25. The molecule has 0 aliphatic heterocycles. The van der Waals surface area contributed by atoms with Gasteiger partial charge in [0.25, 0.3) is 0 Å². The van der Waals surface area contributed by atoms with Gasteiger partial charge in [0.15, 0.2) is 0 Å². The Morgan fingerprint density at radius 3 is 2.62 bits per heavy atom. The maximum Gasteiger partial charge on any atom is 0.0591 e.